The first kappa shape index (κ1) is 21.3. The van der Waals surface area contributed by atoms with Crippen molar-refractivity contribution < 1.29 is 18.7 Å². The van der Waals surface area contributed by atoms with E-state index in [4.69, 9.17) is 4.74 Å². The SMILES string of the molecule is CCOC(=O)N1CCCC(N2CCC(F)(C(=O)NCC(C)C3CC3)CC2)CC1. The number of alkyl halides is 1. The van der Waals surface area contributed by atoms with Crippen molar-refractivity contribution in [3.05, 3.63) is 0 Å². The highest BCUT2D eigenvalue weighted by Crippen LogP contribution is 2.36. The van der Waals surface area contributed by atoms with Gasteiger partial charge < -0.3 is 19.9 Å². The minimum absolute atomic E-state index is 0.235. The van der Waals surface area contributed by atoms with E-state index in [1.807, 2.05) is 6.92 Å². The van der Waals surface area contributed by atoms with Crippen LogP contribution in [0.25, 0.3) is 0 Å². The molecule has 160 valence electrons. The summed E-state index contributed by atoms with van der Waals surface area (Å²) in [6.07, 6.45) is 5.57. The van der Waals surface area contributed by atoms with Gasteiger partial charge in [-0.15, -0.1) is 0 Å². The Kier molecular flexibility index (Phi) is 7.18. The molecule has 0 spiro atoms. The number of amides is 2. The van der Waals surface area contributed by atoms with E-state index < -0.39 is 11.6 Å². The first-order chi connectivity index (χ1) is 13.4. The fourth-order valence-corrected chi connectivity index (χ4v) is 4.56. The lowest BCUT2D eigenvalue weighted by atomic mass is 9.90. The molecule has 2 atom stereocenters. The summed E-state index contributed by atoms with van der Waals surface area (Å²) in [5.41, 5.74) is -1.73. The molecule has 0 radical (unpaired) electrons. The minimum atomic E-state index is -1.73. The van der Waals surface area contributed by atoms with Gasteiger partial charge in [0.25, 0.3) is 5.91 Å². The van der Waals surface area contributed by atoms with Crippen molar-refractivity contribution in [3.8, 4) is 0 Å². The summed E-state index contributed by atoms with van der Waals surface area (Å²) in [5, 5.41) is 2.86. The average molecular weight is 398 g/mol. The highest BCUT2D eigenvalue weighted by molar-refractivity contribution is 5.85. The second-order valence-electron chi connectivity index (χ2n) is 8.80. The molecular formula is C21H36FN3O3. The Hall–Kier alpha value is -1.37. The van der Waals surface area contributed by atoms with Crippen LogP contribution in [0.4, 0.5) is 9.18 Å². The molecule has 2 unspecified atom stereocenters. The zero-order valence-electron chi connectivity index (χ0n) is 17.4. The van der Waals surface area contributed by atoms with E-state index in [0.29, 0.717) is 50.7 Å². The maximum atomic E-state index is 15.2. The Balaban J connectivity index is 1.43. The van der Waals surface area contributed by atoms with Gasteiger partial charge in [0.05, 0.1) is 6.61 Å². The zero-order valence-corrected chi connectivity index (χ0v) is 17.4. The summed E-state index contributed by atoms with van der Waals surface area (Å²) in [6.45, 7) is 7.54. The molecule has 0 aromatic rings. The summed E-state index contributed by atoms with van der Waals surface area (Å²) in [4.78, 5) is 28.5. The lowest BCUT2D eigenvalue weighted by Gasteiger charge is -2.39. The number of likely N-dealkylation sites (tertiary alicyclic amines) is 2. The van der Waals surface area contributed by atoms with Gasteiger partial charge in [0, 0.05) is 51.6 Å². The van der Waals surface area contributed by atoms with Crippen LogP contribution in [-0.4, -0.2) is 72.8 Å². The zero-order chi connectivity index (χ0) is 20.1. The van der Waals surface area contributed by atoms with Gasteiger partial charge in [0.1, 0.15) is 0 Å². The van der Waals surface area contributed by atoms with Crippen LogP contribution in [0, 0.1) is 11.8 Å². The van der Waals surface area contributed by atoms with Gasteiger partial charge in [0.2, 0.25) is 0 Å². The number of rotatable bonds is 6. The average Bonchev–Trinajstić information content (AvgIpc) is 3.53. The predicted molar refractivity (Wildman–Crippen MR) is 106 cm³/mol. The molecule has 2 amide bonds. The molecular weight excluding hydrogens is 361 g/mol. The highest BCUT2D eigenvalue weighted by Gasteiger charge is 2.43. The predicted octanol–water partition coefficient (Wildman–Crippen LogP) is 2.96. The Morgan fingerprint density at radius 1 is 1.14 bits per heavy atom. The van der Waals surface area contributed by atoms with E-state index in [9.17, 15) is 9.59 Å². The number of ether oxygens (including phenoxy) is 1. The van der Waals surface area contributed by atoms with Crippen molar-refractivity contribution in [2.45, 2.75) is 70.5 Å². The fraction of sp³-hybridized carbons (Fsp3) is 0.905. The summed E-state index contributed by atoms with van der Waals surface area (Å²) >= 11 is 0. The third kappa shape index (κ3) is 5.37. The van der Waals surface area contributed by atoms with Crippen molar-refractivity contribution in [3.63, 3.8) is 0 Å². The van der Waals surface area contributed by atoms with Gasteiger partial charge in [0.15, 0.2) is 5.67 Å². The van der Waals surface area contributed by atoms with Crippen molar-refractivity contribution in [1.29, 1.82) is 0 Å². The lowest BCUT2D eigenvalue weighted by Crippen LogP contribution is -2.53. The van der Waals surface area contributed by atoms with Crippen LogP contribution in [0.5, 0.6) is 0 Å². The summed E-state index contributed by atoms with van der Waals surface area (Å²) < 4.78 is 20.3. The van der Waals surface area contributed by atoms with Crippen LogP contribution < -0.4 is 5.32 Å². The molecule has 1 N–H and O–H groups in total. The minimum Gasteiger partial charge on any atom is -0.450 e. The Labute approximate surface area is 168 Å². The second-order valence-corrected chi connectivity index (χ2v) is 8.80. The van der Waals surface area contributed by atoms with Gasteiger partial charge in [-0.25, -0.2) is 9.18 Å². The van der Waals surface area contributed by atoms with Gasteiger partial charge in [-0.1, -0.05) is 6.92 Å². The van der Waals surface area contributed by atoms with Gasteiger partial charge in [-0.2, -0.15) is 0 Å². The monoisotopic (exact) mass is 397 g/mol. The standard InChI is InChI=1S/C21H36FN3O3/c1-3-28-20(27)25-11-4-5-18(8-12-25)24-13-9-21(22,10-14-24)19(26)23-15-16(2)17-6-7-17/h16-18H,3-15H2,1-2H3,(H,23,26). The van der Waals surface area contributed by atoms with Crippen LogP contribution in [0.3, 0.4) is 0 Å². The van der Waals surface area contributed by atoms with Gasteiger partial charge >= 0.3 is 6.09 Å². The molecule has 1 saturated carbocycles. The Bertz CT molecular complexity index is 547. The Morgan fingerprint density at radius 2 is 1.86 bits per heavy atom. The quantitative estimate of drug-likeness (QED) is 0.749. The van der Waals surface area contributed by atoms with Crippen LogP contribution in [0.1, 0.15) is 58.8 Å². The van der Waals surface area contributed by atoms with E-state index in [1.54, 1.807) is 4.90 Å². The van der Waals surface area contributed by atoms with Gasteiger partial charge in [-0.05, 0) is 50.9 Å². The number of nitrogens with one attached hydrogen (secondary N) is 1. The van der Waals surface area contributed by atoms with Crippen LogP contribution >= 0.6 is 0 Å². The van der Waals surface area contributed by atoms with Crippen molar-refractivity contribution >= 4 is 12.0 Å². The normalized spacial score (nSPS) is 27.0. The number of hydrogen-bond donors (Lipinski definition) is 1. The van der Waals surface area contributed by atoms with Crippen LogP contribution in [0.2, 0.25) is 0 Å². The maximum Gasteiger partial charge on any atom is 0.409 e. The first-order valence-electron chi connectivity index (χ1n) is 11.1. The molecule has 3 rings (SSSR count). The summed E-state index contributed by atoms with van der Waals surface area (Å²) in [5.74, 6) is 0.733. The summed E-state index contributed by atoms with van der Waals surface area (Å²) in [7, 11) is 0. The van der Waals surface area contributed by atoms with E-state index >= 15 is 4.39 Å². The second kappa shape index (κ2) is 9.42. The highest BCUT2D eigenvalue weighted by atomic mass is 19.1. The van der Waals surface area contributed by atoms with E-state index in [1.165, 1.54) is 12.8 Å². The van der Waals surface area contributed by atoms with E-state index in [-0.39, 0.29) is 18.9 Å². The van der Waals surface area contributed by atoms with Crippen LogP contribution in [0.15, 0.2) is 0 Å². The number of hydrogen-bond acceptors (Lipinski definition) is 4. The number of halogens is 1. The number of piperidine rings is 1. The number of carbonyl (C=O) groups excluding carboxylic acids is 2. The molecule has 0 bridgehead atoms. The van der Waals surface area contributed by atoms with Crippen molar-refractivity contribution in [2.75, 3.05) is 39.3 Å². The molecule has 1 aliphatic carbocycles. The first-order valence-corrected chi connectivity index (χ1v) is 11.1. The molecule has 0 aromatic heterocycles. The third-order valence-electron chi connectivity index (χ3n) is 6.75. The molecule has 0 aromatic carbocycles. The molecule has 2 heterocycles. The Morgan fingerprint density at radius 3 is 2.50 bits per heavy atom. The number of carbonyl (C=O) groups is 2. The molecule has 2 aliphatic heterocycles. The molecule has 2 saturated heterocycles. The van der Waals surface area contributed by atoms with Crippen LogP contribution in [-0.2, 0) is 9.53 Å². The molecule has 6 nitrogen and oxygen atoms in total. The smallest absolute Gasteiger partial charge is 0.409 e. The molecule has 3 fully saturated rings. The van der Waals surface area contributed by atoms with Gasteiger partial charge in [-0.3, -0.25) is 4.79 Å². The molecule has 7 heteroatoms. The third-order valence-corrected chi connectivity index (χ3v) is 6.75. The molecule has 28 heavy (non-hydrogen) atoms. The maximum absolute atomic E-state index is 15.2. The van der Waals surface area contributed by atoms with Crippen molar-refractivity contribution in [2.24, 2.45) is 11.8 Å². The molecule has 3 aliphatic rings. The lowest BCUT2D eigenvalue weighted by molar-refractivity contribution is -0.136. The fourth-order valence-electron chi connectivity index (χ4n) is 4.56. The van der Waals surface area contributed by atoms with Crippen molar-refractivity contribution in [1.82, 2.24) is 15.1 Å². The summed E-state index contributed by atoms with van der Waals surface area (Å²) in [6, 6.07) is 0.349. The van der Waals surface area contributed by atoms with E-state index in [2.05, 4.69) is 17.1 Å². The number of nitrogens with zero attached hydrogens (tertiary/aromatic N) is 2. The largest absolute Gasteiger partial charge is 0.450 e. The topological polar surface area (TPSA) is 61.9 Å². The van der Waals surface area contributed by atoms with E-state index in [0.717, 1.165) is 25.8 Å².